The molecule has 2 aliphatic rings. The monoisotopic (exact) mass is 660 g/mol. The van der Waals surface area contributed by atoms with E-state index < -0.39 is 26.3 Å². The molecule has 0 N–H and O–H groups in total. The Hall–Kier alpha value is -3.67. The molecule has 0 bridgehead atoms. The van der Waals surface area contributed by atoms with Crippen molar-refractivity contribution in [1.82, 2.24) is 19.2 Å². The summed E-state index contributed by atoms with van der Waals surface area (Å²) in [5.74, 6) is -0.481. The Morgan fingerprint density at radius 2 is 2.02 bits per heavy atom. The zero-order valence-corrected chi connectivity index (χ0v) is 29.4. The van der Waals surface area contributed by atoms with E-state index in [2.05, 4.69) is 59.5 Å². The molecule has 1 saturated heterocycles. The number of piperidine rings is 1. The molecule has 0 amide bonds. The summed E-state index contributed by atoms with van der Waals surface area (Å²) in [6.45, 7) is 11.9. The van der Waals surface area contributed by atoms with Crippen LogP contribution in [0.2, 0.25) is 25.7 Å². The summed E-state index contributed by atoms with van der Waals surface area (Å²) < 4.78 is 31.1. The summed E-state index contributed by atoms with van der Waals surface area (Å²) in [6.07, 6.45) is 10.8. The first-order valence-corrected chi connectivity index (χ1v) is 20.4. The molecule has 1 aromatic carbocycles. The van der Waals surface area contributed by atoms with E-state index in [1.165, 1.54) is 11.1 Å². The first kappa shape index (κ1) is 34.7. The van der Waals surface area contributed by atoms with Crippen LogP contribution in [-0.4, -0.2) is 85.1 Å². The Balaban J connectivity index is 1.31. The number of aliphatic imine (C=N–C) groups is 1. The summed E-state index contributed by atoms with van der Waals surface area (Å²) in [5.41, 5.74) is 4.84. The van der Waals surface area contributed by atoms with Crippen molar-refractivity contribution in [3.8, 4) is 0 Å². The van der Waals surface area contributed by atoms with Gasteiger partial charge < -0.3 is 19.0 Å². The van der Waals surface area contributed by atoms with Crippen LogP contribution in [0.5, 0.6) is 0 Å². The fourth-order valence-corrected chi connectivity index (χ4v) is 6.75. The predicted molar refractivity (Wildman–Crippen MR) is 187 cm³/mol. The number of allylic oxidation sites excluding steroid dienone is 1. The molecular weight excluding hydrogens is 612 g/mol. The van der Waals surface area contributed by atoms with Gasteiger partial charge in [-0.15, -0.1) is 0 Å². The number of alkyl halides is 1. The lowest BCUT2D eigenvalue weighted by Gasteiger charge is -2.36. The minimum absolute atomic E-state index is 0.0378. The first-order valence-electron chi connectivity index (χ1n) is 16.7. The van der Waals surface area contributed by atoms with Crippen LogP contribution in [0, 0.1) is 0 Å². The van der Waals surface area contributed by atoms with Gasteiger partial charge in [0.15, 0.2) is 0 Å². The summed E-state index contributed by atoms with van der Waals surface area (Å²) in [6, 6.07) is 12.0. The topological polar surface area (TPSA) is 86.2 Å². The van der Waals surface area contributed by atoms with Crippen molar-refractivity contribution < 1.29 is 18.7 Å². The lowest BCUT2D eigenvalue weighted by Crippen LogP contribution is -2.48. The predicted octanol–water partition coefficient (Wildman–Crippen LogP) is 5.41. The zero-order chi connectivity index (χ0) is 33.4. The molecule has 0 spiro atoms. The highest BCUT2D eigenvalue weighted by Gasteiger charge is 2.33. The number of esters is 1. The number of carbonyl (C=O) groups is 1. The first-order chi connectivity index (χ1) is 22.6. The molecule has 1 fully saturated rings. The number of aromatic nitrogens is 3. The summed E-state index contributed by atoms with van der Waals surface area (Å²) in [4.78, 5) is 23.8. The van der Waals surface area contributed by atoms with E-state index >= 15 is 4.39 Å². The smallest absolute Gasteiger partial charge is 0.338 e. The maximum absolute atomic E-state index is 15.3. The summed E-state index contributed by atoms with van der Waals surface area (Å²) in [7, 11) is 0.596. The van der Waals surface area contributed by atoms with Crippen LogP contribution in [-0.2, 0) is 16.2 Å². The third-order valence-corrected chi connectivity index (χ3v) is 10.6. The number of ether oxygens (including phenoxy) is 2. The largest absolute Gasteiger partial charge is 0.456 e. The van der Waals surface area contributed by atoms with Gasteiger partial charge in [-0.3, -0.25) is 9.58 Å². The number of hydrogen-bond donors (Lipinski definition) is 0. The van der Waals surface area contributed by atoms with Gasteiger partial charge in [0.25, 0.3) is 0 Å². The zero-order valence-electron chi connectivity index (χ0n) is 28.4. The molecule has 2 aliphatic heterocycles. The Bertz CT molecular complexity index is 1680. The van der Waals surface area contributed by atoms with Gasteiger partial charge in [0.2, 0.25) is 0 Å². The van der Waals surface area contributed by atoms with Gasteiger partial charge in [-0.1, -0.05) is 44.8 Å². The van der Waals surface area contributed by atoms with Crippen LogP contribution in [0.4, 0.5) is 4.39 Å². The Morgan fingerprint density at radius 3 is 2.74 bits per heavy atom. The number of hydrogen-bond acceptors (Lipinski definition) is 7. The quantitative estimate of drug-likeness (QED) is 0.0999. The van der Waals surface area contributed by atoms with Gasteiger partial charge in [-0.05, 0) is 48.2 Å². The van der Waals surface area contributed by atoms with E-state index in [0.29, 0.717) is 38.2 Å². The number of halogens is 1. The standard InChI is InChI=1S/C36H49FN6O3Si/c1-6-27-20-32(31-13-17-42(35(31)39-21-27)26-45-18-19-47(3,4)5)29-22-40-43(23-29)30(12-15-38-2)24-41-16-14-34(33(37)25-41)46-36(44)28-10-8-7-9-11-28/h7-11,13,15,17,21-23,30,33-34H,6,12,14,16,18-20,24-26H2,1-5H3. The average Bonchev–Trinajstić information content (AvgIpc) is 3.66. The highest BCUT2D eigenvalue weighted by Crippen LogP contribution is 2.26. The van der Waals surface area contributed by atoms with Crippen molar-refractivity contribution in [2.75, 3.05) is 33.3 Å². The van der Waals surface area contributed by atoms with E-state index in [9.17, 15) is 4.79 Å². The number of fused-ring (bicyclic) bond motifs is 1. The van der Waals surface area contributed by atoms with Crippen LogP contribution in [0.3, 0.4) is 0 Å². The van der Waals surface area contributed by atoms with Gasteiger partial charge in [0.05, 0.1) is 17.8 Å². The molecular formula is C36H49FN6O3Si. The molecule has 2 aromatic heterocycles. The van der Waals surface area contributed by atoms with Crippen LogP contribution in [0.15, 0.2) is 76.7 Å². The third kappa shape index (κ3) is 9.24. The highest BCUT2D eigenvalue weighted by molar-refractivity contribution is 6.76. The van der Waals surface area contributed by atoms with Crippen LogP contribution in [0.1, 0.15) is 54.6 Å². The van der Waals surface area contributed by atoms with E-state index in [1.54, 1.807) is 31.3 Å². The van der Waals surface area contributed by atoms with Crippen molar-refractivity contribution in [3.05, 3.63) is 88.6 Å². The Morgan fingerprint density at radius 1 is 1.21 bits per heavy atom. The number of nitrogens with zero attached hydrogens (tertiary/aromatic N) is 6. The minimum atomic E-state index is -1.27. The van der Waals surface area contributed by atoms with E-state index in [1.807, 2.05) is 29.4 Å². The van der Waals surface area contributed by atoms with Crippen molar-refractivity contribution in [1.29, 1.82) is 0 Å². The van der Waals surface area contributed by atoms with Crippen molar-refractivity contribution in [2.45, 2.75) is 83.3 Å². The average molecular weight is 661 g/mol. The SMILES string of the molecule is CCC1=CN=c2c(ccn2COCC[Si](C)(C)C)=C(c2cnn(C(CC=NC)CN3CCC(OC(=O)c4ccccc4)C(F)C3)c2)C1. The van der Waals surface area contributed by atoms with E-state index in [-0.39, 0.29) is 12.6 Å². The second-order valence-corrected chi connectivity index (χ2v) is 19.3. The highest BCUT2D eigenvalue weighted by atomic mass is 28.3. The Kier molecular flexibility index (Phi) is 11.8. The molecule has 3 aromatic rings. The second kappa shape index (κ2) is 15.9. The number of carbonyl (C=O) groups excluding carboxylic acids is 1. The maximum atomic E-state index is 15.3. The van der Waals surface area contributed by atoms with Crippen molar-refractivity contribution >= 4 is 25.8 Å². The van der Waals surface area contributed by atoms with Crippen molar-refractivity contribution in [2.24, 2.45) is 9.98 Å². The molecule has 47 heavy (non-hydrogen) atoms. The minimum Gasteiger partial charge on any atom is -0.456 e. The Labute approximate surface area is 278 Å². The molecule has 0 saturated carbocycles. The van der Waals surface area contributed by atoms with E-state index in [0.717, 1.165) is 41.8 Å². The number of likely N-dealkylation sites (tertiary alicyclic amines) is 1. The lowest BCUT2D eigenvalue weighted by atomic mass is 9.98. The van der Waals surface area contributed by atoms with Crippen LogP contribution < -0.4 is 10.7 Å². The van der Waals surface area contributed by atoms with Gasteiger partial charge in [0.1, 0.15) is 24.5 Å². The van der Waals surface area contributed by atoms with Gasteiger partial charge >= 0.3 is 5.97 Å². The van der Waals surface area contributed by atoms with Gasteiger partial charge in [-0.25, -0.2) is 14.2 Å². The van der Waals surface area contributed by atoms with Crippen molar-refractivity contribution in [3.63, 3.8) is 0 Å². The van der Waals surface area contributed by atoms with Crippen LogP contribution >= 0.6 is 0 Å². The summed E-state index contributed by atoms with van der Waals surface area (Å²) >= 11 is 0. The van der Waals surface area contributed by atoms with Gasteiger partial charge in [0, 0.05) is 89.8 Å². The maximum Gasteiger partial charge on any atom is 0.338 e. The number of benzene rings is 1. The lowest BCUT2D eigenvalue weighted by molar-refractivity contribution is -0.0276. The fourth-order valence-electron chi connectivity index (χ4n) is 5.99. The molecule has 3 unspecified atom stereocenters. The molecule has 252 valence electrons. The molecule has 0 aliphatic carbocycles. The second-order valence-electron chi connectivity index (χ2n) is 13.7. The molecule has 3 atom stereocenters. The normalized spacial score (nSPS) is 19.6. The molecule has 11 heteroatoms. The van der Waals surface area contributed by atoms with Gasteiger partial charge in [-0.2, -0.15) is 5.10 Å². The molecule has 9 nitrogen and oxygen atoms in total. The third-order valence-electron chi connectivity index (χ3n) is 8.90. The molecule has 0 radical (unpaired) electrons. The number of rotatable bonds is 14. The van der Waals surface area contributed by atoms with E-state index in [4.69, 9.17) is 19.6 Å². The fraction of sp³-hybridized carbons (Fsp3) is 0.500. The van der Waals surface area contributed by atoms with Crippen LogP contribution in [0.25, 0.3) is 5.57 Å². The molecule has 5 rings (SSSR count). The molecule has 4 heterocycles. The summed E-state index contributed by atoms with van der Waals surface area (Å²) in [5, 5.41) is 5.92.